The molecule has 1 N–H and O–H groups in total. The standard InChI is InChI=1S/C20H16N2O4/c1-26-19-11-10-18(16-7-2-3-8-17(16)19)21-20(23)12-9-14-5-4-6-15(13-14)22(24)25/h2-13H,1H3,(H,21,23)/b12-9+. The summed E-state index contributed by atoms with van der Waals surface area (Å²) in [6.07, 6.45) is 2.88. The lowest BCUT2D eigenvalue weighted by Crippen LogP contribution is -2.08. The summed E-state index contributed by atoms with van der Waals surface area (Å²) >= 11 is 0. The van der Waals surface area contributed by atoms with E-state index >= 15 is 0 Å². The van der Waals surface area contributed by atoms with Gasteiger partial charge in [0.25, 0.3) is 5.69 Å². The molecule has 3 aromatic rings. The van der Waals surface area contributed by atoms with Crippen LogP contribution in [0.4, 0.5) is 11.4 Å². The van der Waals surface area contributed by atoms with Crippen molar-refractivity contribution in [1.82, 2.24) is 0 Å². The summed E-state index contributed by atoms with van der Waals surface area (Å²) < 4.78 is 5.34. The Balaban J connectivity index is 1.82. The topological polar surface area (TPSA) is 81.5 Å². The number of benzene rings is 3. The second kappa shape index (κ2) is 7.48. The Morgan fingerprint density at radius 3 is 2.58 bits per heavy atom. The number of amides is 1. The van der Waals surface area contributed by atoms with Crippen molar-refractivity contribution < 1.29 is 14.5 Å². The highest BCUT2D eigenvalue weighted by atomic mass is 16.6. The van der Waals surface area contributed by atoms with Gasteiger partial charge in [0.05, 0.1) is 12.0 Å². The van der Waals surface area contributed by atoms with Crippen LogP contribution in [-0.2, 0) is 4.79 Å². The van der Waals surface area contributed by atoms with Crippen LogP contribution in [0.3, 0.4) is 0 Å². The average molecular weight is 348 g/mol. The van der Waals surface area contributed by atoms with E-state index in [0.717, 1.165) is 16.5 Å². The predicted octanol–water partition coefficient (Wildman–Crippen LogP) is 4.41. The van der Waals surface area contributed by atoms with Gasteiger partial charge in [-0.25, -0.2) is 0 Å². The van der Waals surface area contributed by atoms with E-state index in [-0.39, 0.29) is 11.6 Å². The summed E-state index contributed by atoms with van der Waals surface area (Å²) in [7, 11) is 1.60. The fourth-order valence-electron chi connectivity index (χ4n) is 2.65. The highest BCUT2D eigenvalue weighted by Gasteiger charge is 2.08. The third-order valence-electron chi connectivity index (χ3n) is 3.87. The van der Waals surface area contributed by atoms with Gasteiger partial charge >= 0.3 is 0 Å². The van der Waals surface area contributed by atoms with Gasteiger partial charge in [0, 0.05) is 34.7 Å². The van der Waals surface area contributed by atoms with E-state index in [1.807, 2.05) is 24.3 Å². The maximum atomic E-state index is 12.2. The molecule has 0 bridgehead atoms. The summed E-state index contributed by atoms with van der Waals surface area (Å²) in [6, 6.07) is 17.3. The van der Waals surface area contributed by atoms with Crippen molar-refractivity contribution in [3.63, 3.8) is 0 Å². The van der Waals surface area contributed by atoms with Gasteiger partial charge in [-0.1, -0.05) is 36.4 Å². The van der Waals surface area contributed by atoms with Gasteiger partial charge < -0.3 is 10.1 Å². The molecule has 6 heteroatoms. The van der Waals surface area contributed by atoms with Crippen molar-refractivity contribution in [2.75, 3.05) is 12.4 Å². The Morgan fingerprint density at radius 2 is 1.85 bits per heavy atom. The molecule has 26 heavy (non-hydrogen) atoms. The van der Waals surface area contributed by atoms with Gasteiger partial charge in [-0.2, -0.15) is 0 Å². The Bertz CT molecular complexity index is 1010. The molecule has 3 rings (SSSR count). The molecule has 3 aromatic carbocycles. The van der Waals surface area contributed by atoms with Gasteiger partial charge in [-0.15, -0.1) is 0 Å². The van der Waals surface area contributed by atoms with E-state index in [1.165, 1.54) is 24.3 Å². The molecule has 0 spiro atoms. The number of non-ortho nitro benzene ring substituents is 1. The fraction of sp³-hybridized carbons (Fsp3) is 0.0500. The van der Waals surface area contributed by atoms with Crippen LogP contribution in [0.1, 0.15) is 5.56 Å². The number of nitro benzene ring substituents is 1. The minimum atomic E-state index is -0.471. The number of carbonyl (C=O) groups is 1. The summed E-state index contributed by atoms with van der Waals surface area (Å²) in [6.45, 7) is 0. The first kappa shape index (κ1) is 17.2. The van der Waals surface area contributed by atoms with Crippen molar-refractivity contribution in [3.05, 3.63) is 82.4 Å². The van der Waals surface area contributed by atoms with Crippen molar-refractivity contribution in [2.45, 2.75) is 0 Å². The van der Waals surface area contributed by atoms with Gasteiger partial charge in [0.15, 0.2) is 0 Å². The Labute approximate surface area is 149 Å². The summed E-state index contributed by atoms with van der Waals surface area (Å²) in [4.78, 5) is 22.6. The largest absolute Gasteiger partial charge is 0.496 e. The minimum absolute atomic E-state index is 0.0197. The predicted molar refractivity (Wildman–Crippen MR) is 101 cm³/mol. The van der Waals surface area contributed by atoms with Gasteiger partial charge in [-0.3, -0.25) is 14.9 Å². The first-order chi connectivity index (χ1) is 12.6. The van der Waals surface area contributed by atoms with E-state index in [4.69, 9.17) is 4.74 Å². The number of rotatable bonds is 5. The third-order valence-corrected chi connectivity index (χ3v) is 3.87. The Kier molecular flexibility index (Phi) is 4.94. The smallest absolute Gasteiger partial charge is 0.270 e. The Morgan fingerprint density at radius 1 is 1.08 bits per heavy atom. The quantitative estimate of drug-likeness (QED) is 0.421. The molecule has 130 valence electrons. The van der Waals surface area contributed by atoms with Crippen molar-refractivity contribution >= 4 is 34.1 Å². The first-order valence-corrected chi connectivity index (χ1v) is 7.88. The SMILES string of the molecule is COc1ccc(NC(=O)/C=C/c2cccc([N+](=O)[O-])c2)c2ccccc12. The van der Waals surface area contributed by atoms with Crippen LogP contribution < -0.4 is 10.1 Å². The van der Waals surface area contributed by atoms with E-state index in [9.17, 15) is 14.9 Å². The van der Waals surface area contributed by atoms with E-state index in [1.54, 1.807) is 31.4 Å². The molecular weight excluding hydrogens is 332 g/mol. The molecule has 0 unspecified atom stereocenters. The highest BCUT2D eigenvalue weighted by molar-refractivity contribution is 6.08. The van der Waals surface area contributed by atoms with Crippen molar-refractivity contribution in [2.24, 2.45) is 0 Å². The monoisotopic (exact) mass is 348 g/mol. The van der Waals surface area contributed by atoms with Crippen LogP contribution in [0, 0.1) is 10.1 Å². The third kappa shape index (κ3) is 3.70. The second-order valence-corrected chi connectivity index (χ2v) is 5.54. The van der Waals surface area contributed by atoms with Crippen LogP contribution >= 0.6 is 0 Å². The summed E-state index contributed by atoms with van der Waals surface area (Å²) in [5.41, 5.74) is 1.22. The molecule has 0 radical (unpaired) electrons. The lowest BCUT2D eigenvalue weighted by molar-refractivity contribution is -0.384. The molecule has 0 saturated carbocycles. The number of hydrogen-bond acceptors (Lipinski definition) is 4. The zero-order valence-corrected chi connectivity index (χ0v) is 14.0. The molecule has 0 aliphatic heterocycles. The normalized spacial score (nSPS) is 10.8. The summed E-state index contributed by atoms with van der Waals surface area (Å²) in [5, 5.41) is 15.4. The number of nitrogens with one attached hydrogen (secondary N) is 1. The average Bonchev–Trinajstić information content (AvgIpc) is 2.67. The lowest BCUT2D eigenvalue weighted by Gasteiger charge is -2.10. The fourth-order valence-corrected chi connectivity index (χ4v) is 2.65. The molecule has 0 fully saturated rings. The van der Waals surface area contributed by atoms with Gasteiger partial charge in [0.2, 0.25) is 5.91 Å². The zero-order valence-electron chi connectivity index (χ0n) is 14.0. The number of fused-ring (bicyclic) bond motifs is 1. The van der Waals surface area contributed by atoms with Crippen LogP contribution in [0.5, 0.6) is 5.75 Å². The second-order valence-electron chi connectivity index (χ2n) is 5.54. The maximum Gasteiger partial charge on any atom is 0.270 e. The number of anilines is 1. The van der Waals surface area contributed by atoms with Crippen LogP contribution in [-0.4, -0.2) is 17.9 Å². The van der Waals surface area contributed by atoms with Crippen molar-refractivity contribution in [3.8, 4) is 5.75 Å². The number of ether oxygens (including phenoxy) is 1. The number of nitro groups is 1. The van der Waals surface area contributed by atoms with Crippen LogP contribution in [0.2, 0.25) is 0 Å². The molecule has 0 aromatic heterocycles. The van der Waals surface area contributed by atoms with Crippen molar-refractivity contribution in [1.29, 1.82) is 0 Å². The maximum absolute atomic E-state index is 12.2. The number of methoxy groups -OCH3 is 1. The first-order valence-electron chi connectivity index (χ1n) is 7.88. The Hall–Kier alpha value is -3.67. The summed E-state index contributed by atoms with van der Waals surface area (Å²) in [5.74, 6) is 0.401. The highest BCUT2D eigenvalue weighted by Crippen LogP contribution is 2.31. The van der Waals surface area contributed by atoms with Crippen LogP contribution in [0.15, 0.2) is 66.7 Å². The molecule has 0 atom stereocenters. The molecule has 0 heterocycles. The molecular formula is C20H16N2O4. The molecule has 0 saturated heterocycles. The number of hydrogen-bond donors (Lipinski definition) is 1. The van der Waals surface area contributed by atoms with E-state index in [0.29, 0.717) is 11.3 Å². The minimum Gasteiger partial charge on any atom is -0.496 e. The van der Waals surface area contributed by atoms with E-state index in [2.05, 4.69) is 5.32 Å². The van der Waals surface area contributed by atoms with Crippen LogP contribution in [0.25, 0.3) is 16.8 Å². The molecule has 6 nitrogen and oxygen atoms in total. The molecule has 0 aliphatic carbocycles. The molecule has 1 amide bonds. The number of nitrogens with zero attached hydrogens (tertiary/aromatic N) is 1. The lowest BCUT2D eigenvalue weighted by atomic mass is 10.1. The molecule has 0 aliphatic rings. The van der Waals surface area contributed by atoms with Gasteiger partial charge in [0.1, 0.15) is 5.75 Å². The zero-order chi connectivity index (χ0) is 18.5. The van der Waals surface area contributed by atoms with E-state index < -0.39 is 4.92 Å². The van der Waals surface area contributed by atoms with Gasteiger partial charge in [-0.05, 0) is 23.8 Å². The number of carbonyl (C=O) groups excluding carboxylic acids is 1.